The van der Waals surface area contributed by atoms with Gasteiger partial charge in [0.1, 0.15) is 5.69 Å². The van der Waals surface area contributed by atoms with Gasteiger partial charge in [-0.2, -0.15) is 0 Å². The molecule has 0 radical (unpaired) electrons. The molecule has 6 rings (SSSR count). The van der Waals surface area contributed by atoms with Crippen LogP contribution in [0.5, 0.6) is 0 Å². The van der Waals surface area contributed by atoms with Crippen molar-refractivity contribution >= 4 is 43.1 Å². The van der Waals surface area contributed by atoms with Crippen molar-refractivity contribution < 1.29 is 5.11 Å². The molecule has 1 aromatic heterocycles. The molecule has 0 aliphatic carbocycles. The van der Waals surface area contributed by atoms with Crippen LogP contribution in [0.4, 0.5) is 0 Å². The summed E-state index contributed by atoms with van der Waals surface area (Å²) in [5, 5.41) is 27.8. The zero-order valence-electron chi connectivity index (χ0n) is 15.1. The van der Waals surface area contributed by atoms with Crippen LogP contribution in [0, 0.1) is 0 Å². The summed E-state index contributed by atoms with van der Waals surface area (Å²) in [5.74, 6) is 0. The number of nitrogens with zero attached hydrogens (tertiary/aromatic N) is 3. The van der Waals surface area contributed by atoms with Crippen molar-refractivity contribution in [3.05, 3.63) is 72.9 Å². The van der Waals surface area contributed by atoms with E-state index in [0.29, 0.717) is 6.54 Å². The van der Waals surface area contributed by atoms with Gasteiger partial charge in [-0.05, 0) is 55.2 Å². The second-order valence-corrected chi connectivity index (χ2v) is 7.23. The summed E-state index contributed by atoms with van der Waals surface area (Å²) in [6.07, 6.45) is 1.89. The molecule has 4 heteroatoms. The van der Waals surface area contributed by atoms with Crippen LogP contribution < -0.4 is 0 Å². The average Bonchev–Trinajstić information content (AvgIpc) is 3.20. The number of hydrogen-bond donors (Lipinski definition) is 1. The Bertz CT molecular complexity index is 1480. The molecule has 1 N–H and O–H groups in total. The van der Waals surface area contributed by atoms with Crippen molar-refractivity contribution in [2.75, 3.05) is 6.61 Å². The van der Waals surface area contributed by atoms with Crippen molar-refractivity contribution in [3.8, 4) is 11.3 Å². The summed E-state index contributed by atoms with van der Waals surface area (Å²) in [5.41, 5.74) is 1.86. The minimum Gasteiger partial charge on any atom is -0.394 e. The molecule has 5 aromatic carbocycles. The largest absolute Gasteiger partial charge is 0.394 e. The van der Waals surface area contributed by atoms with Crippen molar-refractivity contribution in [1.82, 2.24) is 15.0 Å². The predicted molar refractivity (Wildman–Crippen MR) is 114 cm³/mol. The van der Waals surface area contributed by atoms with Gasteiger partial charge in [0.05, 0.1) is 19.3 Å². The Balaban J connectivity index is 1.77. The quantitative estimate of drug-likeness (QED) is 0.356. The Hall–Kier alpha value is -3.50. The maximum Gasteiger partial charge on any atom is 0.113 e. The number of benzene rings is 5. The monoisotopic (exact) mass is 363 g/mol. The summed E-state index contributed by atoms with van der Waals surface area (Å²) in [7, 11) is 0. The first-order valence-electron chi connectivity index (χ1n) is 9.44. The van der Waals surface area contributed by atoms with Crippen LogP contribution in [-0.2, 0) is 6.54 Å². The van der Waals surface area contributed by atoms with Crippen LogP contribution in [0.25, 0.3) is 54.3 Å². The van der Waals surface area contributed by atoms with E-state index in [1.165, 1.54) is 43.1 Å². The van der Waals surface area contributed by atoms with Crippen LogP contribution >= 0.6 is 0 Å². The molecule has 0 unspecified atom stereocenters. The molecule has 0 aliphatic rings. The van der Waals surface area contributed by atoms with E-state index >= 15 is 0 Å². The molecule has 28 heavy (non-hydrogen) atoms. The van der Waals surface area contributed by atoms with E-state index < -0.39 is 0 Å². The molecule has 0 saturated carbocycles. The van der Waals surface area contributed by atoms with Crippen molar-refractivity contribution in [1.29, 1.82) is 0 Å². The van der Waals surface area contributed by atoms with Gasteiger partial charge in [0.15, 0.2) is 0 Å². The zero-order valence-corrected chi connectivity index (χ0v) is 15.1. The average molecular weight is 363 g/mol. The maximum atomic E-state index is 9.15. The fraction of sp³-hybridized carbons (Fsp3) is 0.0833. The van der Waals surface area contributed by atoms with Gasteiger partial charge in [0, 0.05) is 5.56 Å². The summed E-state index contributed by atoms with van der Waals surface area (Å²) in [6.45, 7) is 0.498. The first kappa shape index (κ1) is 15.5. The normalized spacial score (nSPS) is 12.0. The molecule has 0 saturated heterocycles. The summed E-state index contributed by atoms with van der Waals surface area (Å²) in [6, 6.07) is 24.0. The first-order valence-corrected chi connectivity index (χ1v) is 9.44. The second kappa shape index (κ2) is 5.75. The third kappa shape index (κ3) is 2.09. The summed E-state index contributed by atoms with van der Waals surface area (Å²) >= 11 is 0. The fourth-order valence-electron chi connectivity index (χ4n) is 4.44. The van der Waals surface area contributed by atoms with Crippen LogP contribution in [0.2, 0.25) is 0 Å². The maximum absolute atomic E-state index is 9.15. The Morgan fingerprint density at radius 3 is 2.11 bits per heavy atom. The van der Waals surface area contributed by atoms with Gasteiger partial charge in [-0.25, -0.2) is 4.68 Å². The molecular formula is C24H17N3O. The van der Waals surface area contributed by atoms with Gasteiger partial charge in [-0.1, -0.05) is 59.8 Å². The van der Waals surface area contributed by atoms with E-state index in [4.69, 9.17) is 5.11 Å². The molecule has 1 heterocycles. The molecule has 0 fully saturated rings. The SMILES string of the molecule is OCCn1cc(-c2cc3cccc4c5cccc6cccc(c(c2)c34)c65)nn1. The Labute approximate surface area is 161 Å². The third-order valence-electron chi connectivity index (χ3n) is 5.63. The van der Waals surface area contributed by atoms with E-state index in [1.807, 2.05) is 6.20 Å². The number of fused-ring (bicyclic) bond motifs is 2. The highest BCUT2D eigenvalue weighted by atomic mass is 16.3. The molecule has 0 amide bonds. The van der Waals surface area contributed by atoms with E-state index in [1.54, 1.807) is 4.68 Å². The van der Waals surface area contributed by atoms with Gasteiger partial charge in [0.2, 0.25) is 0 Å². The van der Waals surface area contributed by atoms with Gasteiger partial charge in [0.25, 0.3) is 0 Å². The highest BCUT2D eigenvalue weighted by molar-refractivity contribution is 6.33. The summed E-state index contributed by atoms with van der Waals surface area (Å²) in [4.78, 5) is 0. The molecule has 6 aromatic rings. The minimum atomic E-state index is 0.0495. The number of aliphatic hydroxyl groups excluding tert-OH is 1. The lowest BCUT2D eigenvalue weighted by Crippen LogP contribution is -2.01. The van der Waals surface area contributed by atoms with Gasteiger partial charge < -0.3 is 5.11 Å². The topological polar surface area (TPSA) is 50.9 Å². The number of hydrogen-bond acceptors (Lipinski definition) is 3. The van der Waals surface area contributed by atoms with Crippen molar-refractivity contribution in [2.45, 2.75) is 6.54 Å². The highest BCUT2D eigenvalue weighted by Gasteiger charge is 2.14. The van der Waals surface area contributed by atoms with Crippen LogP contribution in [0.1, 0.15) is 0 Å². The zero-order chi connectivity index (χ0) is 18.7. The molecule has 0 atom stereocenters. The first-order chi connectivity index (χ1) is 13.8. The van der Waals surface area contributed by atoms with Crippen LogP contribution in [-0.4, -0.2) is 26.7 Å². The highest BCUT2D eigenvalue weighted by Crippen LogP contribution is 2.41. The van der Waals surface area contributed by atoms with Crippen molar-refractivity contribution in [2.24, 2.45) is 0 Å². The van der Waals surface area contributed by atoms with Crippen LogP contribution in [0.15, 0.2) is 72.9 Å². The van der Waals surface area contributed by atoms with Crippen LogP contribution in [0.3, 0.4) is 0 Å². The smallest absolute Gasteiger partial charge is 0.113 e. The number of aliphatic hydroxyl groups is 1. The predicted octanol–water partition coefficient (Wildman–Crippen LogP) is 4.99. The minimum absolute atomic E-state index is 0.0495. The molecular weight excluding hydrogens is 346 g/mol. The lowest BCUT2D eigenvalue weighted by atomic mass is 9.88. The number of rotatable bonds is 3. The van der Waals surface area contributed by atoms with E-state index in [-0.39, 0.29) is 6.61 Å². The van der Waals surface area contributed by atoms with Crippen molar-refractivity contribution in [3.63, 3.8) is 0 Å². The molecule has 134 valence electrons. The fourth-order valence-corrected chi connectivity index (χ4v) is 4.44. The van der Waals surface area contributed by atoms with Gasteiger partial charge in [-0.3, -0.25) is 0 Å². The molecule has 0 aliphatic heterocycles. The Kier molecular flexibility index (Phi) is 3.19. The second-order valence-electron chi connectivity index (χ2n) is 7.23. The Morgan fingerprint density at radius 2 is 1.39 bits per heavy atom. The third-order valence-corrected chi connectivity index (χ3v) is 5.63. The van der Waals surface area contributed by atoms with E-state index in [0.717, 1.165) is 11.3 Å². The lowest BCUT2D eigenvalue weighted by Gasteiger charge is -2.15. The molecule has 0 spiro atoms. The Morgan fingerprint density at radius 1 is 0.750 bits per heavy atom. The number of aromatic nitrogens is 3. The van der Waals surface area contributed by atoms with Gasteiger partial charge >= 0.3 is 0 Å². The van der Waals surface area contributed by atoms with E-state index in [2.05, 4.69) is 77.0 Å². The van der Waals surface area contributed by atoms with E-state index in [9.17, 15) is 0 Å². The summed E-state index contributed by atoms with van der Waals surface area (Å²) < 4.78 is 1.68. The lowest BCUT2D eigenvalue weighted by molar-refractivity contribution is 0.268. The molecule has 0 bridgehead atoms. The standard InChI is InChI=1S/C24H17N3O/c28-11-10-27-14-22(25-26-27)17-12-16-6-3-8-19-18-7-1-4-15-5-2-9-20(23(15)18)21(13-17)24(16)19/h1-9,12-14,28H,10-11H2. The van der Waals surface area contributed by atoms with Gasteiger partial charge in [-0.15, -0.1) is 5.10 Å². The molecule has 4 nitrogen and oxygen atoms in total.